The van der Waals surface area contributed by atoms with Crippen LogP contribution in [0.4, 0.5) is 0 Å². The molecule has 6 rings (SSSR count). The van der Waals surface area contributed by atoms with Crippen molar-refractivity contribution in [2.24, 2.45) is 23.2 Å². The second-order valence-corrected chi connectivity index (χ2v) is 8.58. The molecule has 3 aliphatic heterocycles. The Morgan fingerprint density at radius 3 is 2.84 bits per heavy atom. The predicted octanol–water partition coefficient (Wildman–Crippen LogP) is 2.38. The normalized spacial score (nSPS) is 52.5. The number of rotatable bonds is 1. The topological polar surface area (TPSA) is 75.0 Å². The van der Waals surface area contributed by atoms with E-state index < -0.39 is 5.60 Å². The number of ether oxygens (including phenoxy) is 3. The van der Waals surface area contributed by atoms with E-state index in [0.29, 0.717) is 6.42 Å². The second kappa shape index (κ2) is 4.29. The number of hydrogen-bond acceptors (Lipinski definition) is 6. The molecule has 1 spiro atoms. The van der Waals surface area contributed by atoms with Gasteiger partial charge in [-0.1, -0.05) is 6.92 Å². The molecule has 5 fully saturated rings. The van der Waals surface area contributed by atoms with Crippen LogP contribution in [-0.2, 0) is 23.8 Å². The SMILES string of the molecule is C[C@@]12C[C@H](c3ccoc3)OC13C[C@@H](OC3=O)[C@@H]1[C@@H]3C[C@H](C[C@H]12)OC3=O. The van der Waals surface area contributed by atoms with Crippen molar-refractivity contribution in [1.29, 1.82) is 0 Å². The third-order valence-electron chi connectivity index (χ3n) is 7.66. The fraction of sp³-hybridized carbons (Fsp3) is 0.684. The Balaban J connectivity index is 1.48. The molecule has 0 amide bonds. The molecule has 6 heteroatoms. The van der Waals surface area contributed by atoms with Gasteiger partial charge >= 0.3 is 11.9 Å². The van der Waals surface area contributed by atoms with Gasteiger partial charge in [-0.05, 0) is 31.2 Å². The van der Waals surface area contributed by atoms with Crippen LogP contribution in [0.15, 0.2) is 23.0 Å². The molecular weight excluding hydrogens is 324 g/mol. The van der Waals surface area contributed by atoms with Crippen LogP contribution in [0.3, 0.4) is 0 Å². The summed E-state index contributed by atoms with van der Waals surface area (Å²) in [6.07, 6.45) is 5.75. The van der Waals surface area contributed by atoms with E-state index in [1.807, 2.05) is 6.07 Å². The standard InChI is InChI=1S/C19H20O6/c1-18-6-13(9-2-3-22-8-9)25-19(18)7-14(24-17(19)21)15-11-4-10(5-12(15)18)23-16(11)20/h2-3,8,10-15H,4-7H2,1H3/t10-,11+,12-,13-,14-,15-,18+,19?/m1/s1. The van der Waals surface area contributed by atoms with Gasteiger partial charge in [-0.25, -0.2) is 4.79 Å². The Hall–Kier alpha value is -1.82. The number of carbonyl (C=O) groups excluding carboxylic acids is 2. The maximum atomic E-state index is 12.9. The maximum absolute atomic E-state index is 12.9. The lowest BCUT2D eigenvalue weighted by Crippen LogP contribution is -2.59. The van der Waals surface area contributed by atoms with Crippen LogP contribution >= 0.6 is 0 Å². The molecule has 6 nitrogen and oxygen atoms in total. The Morgan fingerprint density at radius 1 is 1.16 bits per heavy atom. The van der Waals surface area contributed by atoms with E-state index >= 15 is 0 Å². The average molecular weight is 344 g/mol. The molecule has 5 aliphatic rings. The van der Waals surface area contributed by atoms with Crippen molar-refractivity contribution in [3.63, 3.8) is 0 Å². The third-order valence-corrected chi connectivity index (χ3v) is 7.66. The molecule has 0 N–H and O–H groups in total. The zero-order chi connectivity index (χ0) is 17.0. The highest BCUT2D eigenvalue weighted by Gasteiger charge is 2.76. The summed E-state index contributed by atoms with van der Waals surface area (Å²) in [5.74, 6) is -0.235. The third kappa shape index (κ3) is 1.52. The zero-order valence-electron chi connectivity index (χ0n) is 14.0. The molecule has 0 radical (unpaired) electrons. The first-order valence-corrected chi connectivity index (χ1v) is 9.13. The van der Waals surface area contributed by atoms with E-state index in [9.17, 15) is 9.59 Å². The minimum absolute atomic E-state index is 0.0202. The highest BCUT2D eigenvalue weighted by molar-refractivity contribution is 5.85. The van der Waals surface area contributed by atoms with Crippen molar-refractivity contribution in [2.75, 3.05) is 0 Å². The number of fused-ring (bicyclic) bond motifs is 7. The molecule has 1 aromatic heterocycles. The van der Waals surface area contributed by atoms with Crippen molar-refractivity contribution in [3.05, 3.63) is 24.2 Å². The number of hydrogen-bond donors (Lipinski definition) is 0. The molecule has 132 valence electrons. The minimum atomic E-state index is -0.902. The monoisotopic (exact) mass is 344 g/mol. The molecule has 1 unspecified atom stereocenters. The van der Waals surface area contributed by atoms with Gasteiger partial charge < -0.3 is 18.6 Å². The predicted molar refractivity (Wildman–Crippen MR) is 82.1 cm³/mol. The molecule has 2 saturated carbocycles. The summed E-state index contributed by atoms with van der Waals surface area (Å²) < 4.78 is 23.0. The summed E-state index contributed by atoms with van der Waals surface area (Å²) in [6.45, 7) is 2.16. The smallest absolute Gasteiger partial charge is 0.339 e. The van der Waals surface area contributed by atoms with Gasteiger partial charge in [-0.3, -0.25) is 4.79 Å². The van der Waals surface area contributed by atoms with Gasteiger partial charge in [-0.2, -0.15) is 0 Å². The van der Waals surface area contributed by atoms with Crippen LogP contribution < -0.4 is 0 Å². The summed E-state index contributed by atoms with van der Waals surface area (Å²) in [4.78, 5) is 25.2. The lowest BCUT2D eigenvalue weighted by molar-refractivity contribution is -0.169. The van der Waals surface area contributed by atoms with Gasteiger partial charge in [0, 0.05) is 23.3 Å². The van der Waals surface area contributed by atoms with Crippen molar-refractivity contribution >= 4 is 11.9 Å². The van der Waals surface area contributed by atoms with Crippen LogP contribution in [-0.4, -0.2) is 29.7 Å². The highest BCUT2D eigenvalue weighted by Crippen LogP contribution is 2.69. The van der Waals surface area contributed by atoms with Crippen molar-refractivity contribution in [2.45, 2.75) is 56.5 Å². The van der Waals surface area contributed by atoms with Gasteiger partial charge in [0.05, 0.1) is 24.5 Å². The van der Waals surface area contributed by atoms with E-state index in [1.54, 1.807) is 12.5 Å². The molecule has 2 aliphatic carbocycles. The van der Waals surface area contributed by atoms with Crippen molar-refractivity contribution in [1.82, 2.24) is 0 Å². The van der Waals surface area contributed by atoms with Gasteiger partial charge in [0.1, 0.15) is 12.2 Å². The summed E-state index contributed by atoms with van der Waals surface area (Å²) in [7, 11) is 0. The van der Waals surface area contributed by atoms with Crippen LogP contribution in [0, 0.1) is 23.2 Å². The first-order chi connectivity index (χ1) is 12.0. The van der Waals surface area contributed by atoms with Crippen molar-refractivity contribution in [3.8, 4) is 0 Å². The van der Waals surface area contributed by atoms with E-state index in [2.05, 4.69) is 6.92 Å². The largest absolute Gasteiger partial charge is 0.472 e. The molecule has 4 bridgehead atoms. The molecule has 4 heterocycles. The summed E-state index contributed by atoms with van der Waals surface area (Å²) in [5.41, 5.74) is -0.293. The number of furan rings is 1. The fourth-order valence-corrected chi connectivity index (χ4v) is 6.54. The maximum Gasteiger partial charge on any atom is 0.339 e. The van der Waals surface area contributed by atoms with E-state index in [-0.39, 0.29) is 53.4 Å². The molecule has 1 aromatic rings. The van der Waals surface area contributed by atoms with Gasteiger partial charge in [0.15, 0.2) is 5.60 Å². The van der Waals surface area contributed by atoms with Gasteiger partial charge in [-0.15, -0.1) is 0 Å². The molecule has 3 saturated heterocycles. The van der Waals surface area contributed by atoms with Crippen LogP contribution in [0.5, 0.6) is 0 Å². The molecular formula is C19H20O6. The highest BCUT2D eigenvalue weighted by atomic mass is 16.6. The number of esters is 2. The van der Waals surface area contributed by atoms with Crippen molar-refractivity contribution < 1.29 is 28.2 Å². The van der Waals surface area contributed by atoms with E-state index in [1.165, 1.54) is 0 Å². The minimum Gasteiger partial charge on any atom is -0.472 e. The molecule has 0 aromatic carbocycles. The molecule has 25 heavy (non-hydrogen) atoms. The first kappa shape index (κ1) is 14.4. The van der Waals surface area contributed by atoms with Gasteiger partial charge in [0.25, 0.3) is 0 Å². The lowest BCUT2D eigenvalue weighted by Gasteiger charge is -2.51. The van der Waals surface area contributed by atoms with Crippen LogP contribution in [0.2, 0.25) is 0 Å². The summed E-state index contributed by atoms with van der Waals surface area (Å²) >= 11 is 0. The molecule has 8 atom stereocenters. The Morgan fingerprint density at radius 2 is 2.04 bits per heavy atom. The number of carbonyl (C=O) groups is 2. The Kier molecular flexibility index (Phi) is 2.46. The van der Waals surface area contributed by atoms with E-state index in [0.717, 1.165) is 24.8 Å². The first-order valence-electron chi connectivity index (χ1n) is 9.13. The van der Waals surface area contributed by atoms with Crippen LogP contribution in [0.1, 0.15) is 44.3 Å². The Bertz CT molecular complexity index is 771. The summed E-state index contributed by atoms with van der Waals surface area (Å²) in [5, 5.41) is 0. The quantitative estimate of drug-likeness (QED) is 0.728. The van der Waals surface area contributed by atoms with E-state index in [4.69, 9.17) is 18.6 Å². The Labute approximate surface area is 144 Å². The summed E-state index contributed by atoms with van der Waals surface area (Å²) in [6, 6.07) is 1.90. The van der Waals surface area contributed by atoms with Gasteiger partial charge in [0.2, 0.25) is 0 Å². The second-order valence-electron chi connectivity index (χ2n) is 8.58. The lowest BCUT2D eigenvalue weighted by atomic mass is 9.49. The fourth-order valence-electron chi connectivity index (χ4n) is 6.54. The zero-order valence-corrected chi connectivity index (χ0v) is 14.0. The average Bonchev–Trinajstić information content (AvgIpc) is 3.31. The van der Waals surface area contributed by atoms with Crippen LogP contribution in [0.25, 0.3) is 0 Å².